The van der Waals surface area contributed by atoms with E-state index in [1.807, 2.05) is 44.2 Å². The van der Waals surface area contributed by atoms with Gasteiger partial charge in [-0.15, -0.1) is 0 Å². The van der Waals surface area contributed by atoms with Gasteiger partial charge in [0, 0.05) is 5.92 Å². The second-order valence-electron chi connectivity index (χ2n) is 4.72. The molecule has 1 atom stereocenters. The highest BCUT2D eigenvalue weighted by atomic mass is 16.2. The number of carbonyl (C=O) groups is 2. The maximum absolute atomic E-state index is 12.0. The summed E-state index contributed by atoms with van der Waals surface area (Å²) in [5, 5.41) is 2.57. The lowest BCUT2D eigenvalue weighted by Gasteiger charge is -2.20. The average molecular weight is 248 g/mol. The fourth-order valence-electron chi connectivity index (χ4n) is 1.80. The number of hydrogen-bond donors (Lipinski definition) is 2. The first kappa shape index (κ1) is 14.2. The number of amides is 2. The van der Waals surface area contributed by atoms with Crippen LogP contribution < -0.4 is 11.1 Å². The summed E-state index contributed by atoms with van der Waals surface area (Å²) in [4.78, 5) is 22.6. The van der Waals surface area contributed by atoms with Crippen molar-refractivity contribution in [2.45, 2.75) is 20.3 Å². The Balaban J connectivity index is 2.65. The third-order valence-corrected chi connectivity index (χ3v) is 2.88. The number of carbonyl (C=O) groups excluding carboxylic acids is 2. The maximum Gasteiger partial charge on any atom is 0.236 e. The van der Waals surface area contributed by atoms with Crippen LogP contribution in [0.5, 0.6) is 0 Å². The summed E-state index contributed by atoms with van der Waals surface area (Å²) in [5.41, 5.74) is 6.13. The summed E-state index contributed by atoms with van der Waals surface area (Å²) >= 11 is 0. The van der Waals surface area contributed by atoms with Crippen LogP contribution in [-0.4, -0.2) is 18.4 Å². The lowest BCUT2D eigenvalue weighted by Crippen LogP contribution is -2.39. The van der Waals surface area contributed by atoms with Gasteiger partial charge in [0.15, 0.2) is 0 Å². The maximum atomic E-state index is 12.0. The van der Waals surface area contributed by atoms with Gasteiger partial charge in [0.05, 0.1) is 6.54 Å². The molecule has 0 aliphatic rings. The smallest absolute Gasteiger partial charge is 0.236 e. The third-order valence-electron chi connectivity index (χ3n) is 2.88. The van der Waals surface area contributed by atoms with Gasteiger partial charge in [-0.05, 0) is 17.9 Å². The number of nitrogens with one attached hydrogen (secondary N) is 1. The van der Waals surface area contributed by atoms with Crippen molar-refractivity contribution in [3.05, 3.63) is 35.9 Å². The molecule has 0 aromatic heterocycles. The van der Waals surface area contributed by atoms with Gasteiger partial charge in [-0.3, -0.25) is 9.59 Å². The average Bonchev–Trinajstić information content (AvgIpc) is 2.34. The van der Waals surface area contributed by atoms with Crippen LogP contribution in [0.25, 0.3) is 0 Å². The standard InChI is InChI=1S/C14H20N2O2/c1-10(2)12(14(18)16-9-13(15)17)8-11-6-4-3-5-7-11/h3-7,10,12H,8-9H2,1-2H3,(H2,15,17)(H,16,18). The monoisotopic (exact) mass is 248 g/mol. The molecule has 0 heterocycles. The second kappa shape index (κ2) is 6.79. The predicted octanol–water partition coefficient (Wildman–Crippen LogP) is 1.10. The Bertz CT molecular complexity index is 402. The summed E-state index contributed by atoms with van der Waals surface area (Å²) in [7, 11) is 0. The molecule has 0 fully saturated rings. The molecule has 1 aromatic rings. The van der Waals surface area contributed by atoms with E-state index in [1.165, 1.54) is 0 Å². The van der Waals surface area contributed by atoms with Gasteiger partial charge in [0.25, 0.3) is 0 Å². The SMILES string of the molecule is CC(C)C(Cc1ccccc1)C(=O)NCC(N)=O. The number of primary amides is 1. The van der Waals surface area contributed by atoms with E-state index in [9.17, 15) is 9.59 Å². The van der Waals surface area contributed by atoms with E-state index in [2.05, 4.69) is 5.32 Å². The fourth-order valence-corrected chi connectivity index (χ4v) is 1.80. The molecule has 4 nitrogen and oxygen atoms in total. The molecule has 0 spiro atoms. The molecule has 0 bridgehead atoms. The number of benzene rings is 1. The highest BCUT2D eigenvalue weighted by molar-refractivity contribution is 5.85. The molecule has 0 radical (unpaired) electrons. The Kier molecular flexibility index (Phi) is 5.36. The first-order valence-electron chi connectivity index (χ1n) is 6.10. The van der Waals surface area contributed by atoms with Gasteiger partial charge in [0.1, 0.15) is 0 Å². The predicted molar refractivity (Wildman–Crippen MR) is 70.7 cm³/mol. The molecule has 1 aromatic carbocycles. The summed E-state index contributed by atoms with van der Waals surface area (Å²) in [6, 6.07) is 9.84. The van der Waals surface area contributed by atoms with Crippen molar-refractivity contribution in [1.82, 2.24) is 5.32 Å². The summed E-state index contributed by atoms with van der Waals surface area (Å²) < 4.78 is 0. The molecule has 98 valence electrons. The highest BCUT2D eigenvalue weighted by Crippen LogP contribution is 2.17. The van der Waals surface area contributed by atoms with Crippen LogP contribution in [0.4, 0.5) is 0 Å². The van der Waals surface area contributed by atoms with Gasteiger partial charge < -0.3 is 11.1 Å². The van der Waals surface area contributed by atoms with Crippen LogP contribution in [0.15, 0.2) is 30.3 Å². The molecule has 3 N–H and O–H groups in total. The van der Waals surface area contributed by atoms with Crippen molar-refractivity contribution in [3.8, 4) is 0 Å². The molecular formula is C14H20N2O2. The van der Waals surface area contributed by atoms with Gasteiger partial charge in [-0.25, -0.2) is 0 Å². The molecule has 0 aliphatic heterocycles. The first-order chi connectivity index (χ1) is 8.50. The minimum absolute atomic E-state index is 0.100. The molecule has 1 rings (SSSR count). The zero-order valence-electron chi connectivity index (χ0n) is 10.8. The zero-order valence-corrected chi connectivity index (χ0v) is 10.8. The third kappa shape index (κ3) is 4.57. The van der Waals surface area contributed by atoms with Crippen molar-refractivity contribution >= 4 is 11.8 Å². The minimum Gasteiger partial charge on any atom is -0.368 e. The summed E-state index contributed by atoms with van der Waals surface area (Å²) in [6.07, 6.45) is 0.670. The zero-order chi connectivity index (χ0) is 13.5. The summed E-state index contributed by atoms with van der Waals surface area (Å²) in [5.74, 6) is -0.581. The van der Waals surface area contributed by atoms with Gasteiger partial charge >= 0.3 is 0 Å². The van der Waals surface area contributed by atoms with Crippen molar-refractivity contribution < 1.29 is 9.59 Å². The summed E-state index contributed by atoms with van der Waals surface area (Å²) in [6.45, 7) is 3.89. The van der Waals surface area contributed by atoms with Crippen LogP contribution in [-0.2, 0) is 16.0 Å². The molecule has 2 amide bonds. The van der Waals surface area contributed by atoms with Crippen molar-refractivity contribution in [3.63, 3.8) is 0 Å². The molecule has 1 unspecified atom stereocenters. The van der Waals surface area contributed by atoms with Crippen molar-refractivity contribution in [1.29, 1.82) is 0 Å². The lowest BCUT2D eigenvalue weighted by molar-refractivity contribution is -0.128. The van der Waals surface area contributed by atoms with Crippen molar-refractivity contribution in [2.24, 2.45) is 17.6 Å². The van der Waals surface area contributed by atoms with Crippen LogP contribution in [0.2, 0.25) is 0 Å². The van der Waals surface area contributed by atoms with E-state index in [0.29, 0.717) is 6.42 Å². The van der Waals surface area contributed by atoms with Gasteiger partial charge in [-0.1, -0.05) is 44.2 Å². The van der Waals surface area contributed by atoms with Crippen LogP contribution in [0.1, 0.15) is 19.4 Å². The fraction of sp³-hybridized carbons (Fsp3) is 0.429. The van der Waals surface area contributed by atoms with E-state index in [4.69, 9.17) is 5.73 Å². The van der Waals surface area contributed by atoms with Crippen molar-refractivity contribution in [2.75, 3.05) is 6.54 Å². The van der Waals surface area contributed by atoms with E-state index >= 15 is 0 Å². The Morgan fingerprint density at radius 1 is 1.22 bits per heavy atom. The molecule has 4 heteroatoms. The second-order valence-corrected chi connectivity index (χ2v) is 4.72. The quantitative estimate of drug-likeness (QED) is 0.791. The molecule has 0 aliphatic carbocycles. The Hall–Kier alpha value is -1.84. The number of nitrogens with two attached hydrogens (primary N) is 1. The number of hydrogen-bond acceptors (Lipinski definition) is 2. The molecule has 0 saturated heterocycles. The highest BCUT2D eigenvalue weighted by Gasteiger charge is 2.22. The topological polar surface area (TPSA) is 72.2 Å². The Morgan fingerprint density at radius 3 is 2.33 bits per heavy atom. The Labute approximate surface area is 108 Å². The first-order valence-corrected chi connectivity index (χ1v) is 6.10. The van der Waals surface area contributed by atoms with Gasteiger partial charge in [0.2, 0.25) is 11.8 Å². The Morgan fingerprint density at radius 2 is 1.83 bits per heavy atom. The van der Waals surface area contributed by atoms with Crippen LogP contribution in [0.3, 0.4) is 0 Å². The largest absolute Gasteiger partial charge is 0.368 e. The van der Waals surface area contributed by atoms with E-state index in [1.54, 1.807) is 0 Å². The van der Waals surface area contributed by atoms with E-state index < -0.39 is 5.91 Å². The normalized spacial score (nSPS) is 12.2. The van der Waals surface area contributed by atoms with E-state index in [-0.39, 0.29) is 24.3 Å². The van der Waals surface area contributed by atoms with Gasteiger partial charge in [-0.2, -0.15) is 0 Å². The molecule has 0 saturated carbocycles. The van der Waals surface area contributed by atoms with Crippen LogP contribution in [0, 0.1) is 11.8 Å². The number of rotatable bonds is 6. The van der Waals surface area contributed by atoms with E-state index in [0.717, 1.165) is 5.56 Å². The molecular weight excluding hydrogens is 228 g/mol. The lowest BCUT2D eigenvalue weighted by atomic mass is 9.88. The van der Waals surface area contributed by atoms with Crippen LogP contribution >= 0.6 is 0 Å². The molecule has 18 heavy (non-hydrogen) atoms. The minimum atomic E-state index is -0.523.